The molecule has 0 saturated heterocycles. The van der Waals surface area contributed by atoms with E-state index in [1.165, 1.54) is 0 Å². The molecule has 0 saturated carbocycles. The zero-order chi connectivity index (χ0) is 12.7. The van der Waals surface area contributed by atoms with Gasteiger partial charge in [0, 0.05) is 11.8 Å². The van der Waals surface area contributed by atoms with Crippen LogP contribution in [0.4, 0.5) is 0 Å². The average molecular weight is 237 g/mol. The van der Waals surface area contributed by atoms with E-state index in [1.54, 1.807) is 12.4 Å². The predicted molar refractivity (Wildman–Crippen MR) is 69.1 cm³/mol. The fraction of sp³-hybridized carbons (Fsp3) is 0.643. The third-order valence-electron chi connectivity index (χ3n) is 2.89. The van der Waals surface area contributed by atoms with Gasteiger partial charge in [-0.1, -0.05) is 26.7 Å². The van der Waals surface area contributed by atoms with Crippen LogP contribution in [0.5, 0.6) is 5.75 Å². The maximum atomic E-state index is 10.7. The molecule has 1 heterocycles. The second-order valence-electron chi connectivity index (χ2n) is 4.37. The van der Waals surface area contributed by atoms with E-state index in [9.17, 15) is 5.11 Å². The molecule has 0 bridgehead atoms. The van der Waals surface area contributed by atoms with Crippen LogP contribution in [0.1, 0.15) is 52.0 Å². The van der Waals surface area contributed by atoms with Crippen molar-refractivity contribution in [2.75, 3.05) is 6.61 Å². The maximum Gasteiger partial charge on any atom is 0.137 e. The molecule has 0 fully saturated rings. The molecule has 0 unspecified atom stereocenters. The van der Waals surface area contributed by atoms with Crippen LogP contribution in [-0.2, 0) is 5.60 Å². The van der Waals surface area contributed by atoms with Gasteiger partial charge in [0.05, 0.1) is 18.4 Å². The van der Waals surface area contributed by atoms with Crippen LogP contribution in [0.3, 0.4) is 0 Å². The van der Waals surface area contributed by atoms with E-state index in [0.717, 1.165) is 37.0 Å². The van der Waals surface area contributed by atoms with Crippen molar-refractivity contribution in [3.63, 3.8) is 0 Å². The maximum absolute atomic E-state index is 10.7. The highest BCUT2D eigenvalue weighted by Crippen LogP contribution is 2.32. The first-order chi connectivity index (χ1) is 8.16. The molecule has 1 aromatic heterocycles. The number of pyridine rings is 1. The van der Waals surface area contributed by atoms with Crippen LogP contribution in [-0.4, -0.2) is 16.7 Å². The molecule has 0 atom stereocenters. The van der Waals surface area contributed by atoms with Crippen molar-refractivity contribution >= 4 is 0 Å². The Bertz CT molecular complexity index is 333. The first kappa shape index (κ1) is 14.0. The summed E-state index contributed by atoms with van der Waals surface area (Å²) < 4.78 is 5.42. The molecule has 17 heavy (non-hydrogen) atoms. The molecule has 0 aliphatic rings. The summed E-state index contributed by atoms with van der Waals surface area (Å²) in [5.74, 6) is 0.732. The smallest absolute Gasteiger partial charge is 0.137 e. The summed E-state index contributed by atoms with van der Waals surface area (Å²) in [5, 5.41) is 10.7. The van der Waals surface area contributed by atoms with Crippen LogP contribution >= 0.6 is 0 Å². The fourth-order valence-electron chi connectivity index (χ4n) is 2.16. The van der Waals surface area contributed by atoms with Gasteiger partial charge >= 0.3 is 0 Å². The van der Waals surface area contributed by atoms with Crippen molar-refractivity contribution in [2.45, 2.75) is 52.1 Å². The van der Waals surface area contributed by atoms with E-state index in [0.29, 0.717) is 6.61 Å². The van der Waals surface area contributed by atoms with E-state index < -0.39 is 5.60 Å². The highest BCUT2D eigenvalue weighted by molar-refractivity contribution is 5.28. The summed E-state index contributed by atoms with van der Waals surface area (Å²) in [6.07, 6.45) is 6.86. The molecular formula is C14H23NO2. The van der Waals surface area contributed by atoms with E-state index in [-0.39, 0.29) is 0 Å². The Kier molecular flexibility index (Phi) is 5.42. The van der Waals surface area contributed by atoms with Crippen LogP contribution in [0.2, 0.25) is 0 Å². The van der Waals surface area contributed by atoms with Crippen LogP contribution in [0.15, 0.2) is 18.5 Å². The number of rotatable bonds is 7. The van der Waals surface area contributed by atoms with Gasteiger partial charge in [-0.15, -0.1) is 0 Å². The van der Waals surface area contributed by atoms with E-state index in [1.807, 2.05) is 13.0 Å². The average Bonchev–Trinajstić information content (AvgIpc) is 2.30. The SMILES string of the molecule is CCCC(O)(CCC)c1cncc(OCC)c1. The van der Waals surface area contributed by atoms with Gasteiger partial charge in [0.15, 0.2) is 0 Å². The van der Waals surface area contributed by atoms with Gasteiger partial charge in [0.1, 0.15) is 5.75 Å². The van der Waals surface area contributed by atoms with Crippen molar-refractivity contribution in [1.82, 2.24) is 4.98 Å². The molecule has 3 heteroatoms. The molecule has 1 aromatic rings. The number of hydrogen-bond donors (Lipinski definition) is 1. The first-order valence-electron chi connectivity index (χ1n) is 6.47. The van der Waals surface area contributed by atoms with E-state index >= 15 is 0 Å². The molecule has 0 amide bonds. The predicted octanol–water partition coefficient (Wildman–Crippen LogP) is 3.27. The van der Waals surface area contributed by atoms with Gasteiger partial charge in [0.25, 0.3) is 0 Å². The Hall–Kier alpha value is -1.09. The largest absolute Gasteiger partial charge is 0.492 e. The second-order valence-corrected chi connectivity index (χ2v) is 4.37. The van der Waals surface area contributed by atoms with Gasteiger partial charge < -0.3 is 9.84 Å². The molecule has 0 aliphatic carbocycles. The normalized spacial score (nSPS) is 11.5. The third kappa shape index (κ3) is 3.70. The van der Waals surface area contributed by atoms with E-state index in [4.69, 9.17) is 4.74 Å². The molecule has 1 rings (SSSR count). The Labute approximate surface area is 104 Å². The quantitative estimate of drug-likeness (QED) is 0.791. The molecule has 0 aromatic carbocycles. The van der Waals surface area contributed by atoms with Gasteiger partial charge in [-0.05, 0) is 25.8 Å². The summed E-state index contributed by atoms with van der Waals surface area (Å²) in [4.78, 5) is 4.15. The zero-order valence-corrected chi connectivity index (χ0v) is 11.1. The van der Waals surface area contributed by atoms with Crippen molar-refractivity contribution in [3.05, 3.63) is 24.0 Å². The number of ether oxygens (including phenoxy) is 1. The van der Waals surface area contributed by atoms with Crippen LogP contribution in [0, 0.1) is 0 Å². The highest BCUT2D eigenvalue weighted by Gasteiger charge is 2.27. The number of hydrogen-bond acceptors (Lipinski definition) is 3. The van der Waals surface area contributed by atoms with Crippen LogP contribution < -0.4 is 4.74 Å². The molecule has 96 valence electrons. The van der Waals surface area contributed by atoms with Crippen LogP contribution in [0.25, 0.3) is 0 Å². The molecule has 3 nitrogen and oxygen atoms in total. The Morgan fingerprint density at radius 1 is 1.18 bits per heavy atom. The number of aliphatic hydroxyl groups is 1. The Morgan fingerprint density at radius 2 is 1.82 bits per heavy atom. The summed E-state index contributed by atoms with van der Waals surface area (Å²) >= 11 is 0. The molecule has 1 N–H and O–H groups in total. The molecule has 0 aliphatic heterocycles. The monoisotopic (exact) mass is 237 g/mol. The second kappa shape index (κ2) is 6.60. The molecular weight excluding hydrogens is 214 g/mol. The number of nitrogens with zero attached hydrogens (tertiary/aromatic N) is 1. The minimum absolute atomic E-state index is 0.616. The lowest BCUT2D eigenvalue weighted by Gasteiger charge is -2.28. The third-order valence-corrected chi connectivity index (χ3v) is 2.89. The van der Waals surface area contributed by atoms with Crippen molar-refractivity contribution in [3.8, 4) is 5.75 Å². The zero-order valence-electron chi connectivity index (χ0n) is 11.1. The lowest BCUT2D eigenvalue weighted by Crippen LogP contribution is -2.25. The lowest BCUT2D eigenvalue weighted by molar-refractivity contribution is 0.0164. The molecule has 0 spiro atoms. The first-order valence-corrected chi connectivity index (χ1v) is 6.47. The number of aromatic nitrogens is 1. The fourth-order valence-corrected chi connectivity index (χ4v) is 2.16. The van der Waals surface area contributed by atoms with Gasteiger partial charge in [0.2, 0.25) is 0 Å². The minimum Gasteiger partial charge on any atom is -0.492 e. The van der Waals surface area contributed by atoms with Gasteiger partial charge in [-0.3, -0.25) is 4.98 Å². The summed E-state index contributed by atoms with van der Waals surface area (Å²) in [5.41, 5.74) is 0.107. The van der Waals surface area contributed by atoms with Gasteiger partial charge in [-0.2, -0.15) is 0 Å². The van der Waals surface area contributed by atoms with Gasteiger partial charge in [-0.25, -0.2) is 0 Å². The minimum atomic E-state index is -0.760. The van der Waals surface area contributed by atoms with E-state index in [2.05, 4.69) is 18.8 Å². The Balaban J connectivity index is 2.96. The summed E-state index contributed by atoms with van der Waals surface area (Å²) in [6.45, 7) is 6.73. The summed E-state index contributed by atoms with van der Waals surface area (Å²) in [6, 6.07) is 1.90. The summed E-state index contributed by atoms with van der Waals surface area (Å²) in [7, 11) is 0. The topological polar surface area (TPSA) is 42.4 Å². The highest BCUT2D eigenvalue weighted by atomic mass is 16.5. The van der Waals surface area contributed by atoms with Crippen molar-refractivity contribution in [1.29, 1.82) is 0 Å². The van der Waals surface area contributed by atoms with Crippen molar-refractivity contribution in [2.24, 2.45) is 0 Å². The Morgan fingerprint density at radius 3 is 2.35 bits per heavy atom. The standard InChI is InChI=1S/C14H23NO2/c1-4-7-14(16,8-5-2)12-9-13(17-6-3)11-15-10-12/h9-11,16H,4-8H2,1-3H3. The van der Waals surface area contributed by atoms with Crippen molar-refractivity contribution < 1.29 is 9.84 Å². The lowest BCUT2D eigenvalue weighted by atomic mass is 9.86. The molecule has 0 radical (unpaired) electrons.